The summed E-state index contributed by atoms with van der Waals surface area (Å²) in [6.07, 6.45) is 1.55. The number of aliphatic hydroxyl groups excluding tert-OH is 1. The molecule has 10 amide bonds. The molecule has 0 aromatic rings. The fourth-order valence-electron chi connectivity index (χ4n) is 4.87. The quantitative estimate of drug-likeness (QED) is 0.0189. The van der Waals surface area contributed by atoms with E-state index in [0.717, 1.165) is 0 Å². The standard InChI is InChI=1S/C34H62N14O11S/c1-16(2)26(48-30(56)19(35)15-49)33(59)44-17(3)28(54)41-13-25(52)46-21(7-6-11-40-34(38)39)32(58)43-18(4)29(55)47-22(8-9-23(36)50)31(57)42-14-24(51)45-20(27(37)53)10-12-60-5/h16-22,26,49H,6-15,35H2,1-5H3,(H2,36,50)(H2,37,53)(H,41,54)(H,42,57)(H,43,58)(H,44,59)(H,45,51)(H,46,52)(H,47,55)(H,48,56)(H4,38,39,40)/t17-,18-,19-,20-,21-,22-,26-/m0/s1. The monoisotopic (exact) mass is 874 g/mol. The number of aliphatic imine (C=N–C) groups is 1. The minimum atomic E-state index is -1.40. The topological polar surface area (TPSA) is 430 Å². The summed E-state index contributed by atoms with van der Waals surface area (Å²) in [5.74, 6) is -8.22. The van der Waals surface area contributed by atoms with Gasteiger partial charge in [0, 0.05) is 13.0 Å². The summed E-state index contributed by atoms with van der Waals surface area (Å²) in [7, 11) is 0. The van der Waals surface area contributed by atoms with Gasteiger partial charge in [-0.05, 0) is 57.5 Å². The molecule has 0 saturated heterocycles. The van der Waals surface area contributed by atoms with Crippen LogP contribution in [0.4, 0.5) is 0 Å². The molecule has 0 aromatic carbocycles. The summed E-state index contributed by atoms with van der Waals surface area (Å²) in [6.45, 7) is 4.01. The third-order valence-corrected chi connectivity index (χ3v) is 8.97. The fourth-order valence-corrected chi connectivity index (χ4v) is 5.35. The van der Waals surface area contributed by atoms with Gasteiger partial charge in [-0.15, -0.1) is 0 Å². The van der Waals surface area contributed by atoms with Gasteiger partial charge in [0.2, 0.25) is 59.1 Å². The van der Waals surface area contributed by atoms with Gasteiger partial charge in [0.1, 0.15) is 42.3 Å². The van der Waals surface area contributed by atoms with Crippen LogP contribution in [0.5, 0.6) is 0 Å². The van der Waals surface area contributed by atoms with Gasteiger partial charge in [-0.25, -0.2) is 0 Å². The smallest absolute Gasteiger partial charge is 0.243 e. The summed E-state index contributed by atoms with van der Waals surface area (Å²) in [5, 5.41) is 28.3. The third-order valence-electron chi connectivity index (χ3n) is 8.33. The number of primary amides is 2. The predicted octanol–water partition coefficient (Wildman–Crippen LogP) is -7.30. The van der Waals surface area contributed by atoms with Crippen LogP contribution < -0.4 is 71.2 Å². The molecule has 0 aliphatic rings. The molecular formula is C34H62N14O11S. The molecule has 0 spiro atoms. The number of rotatable bonds is 29. The molecule has 0 fully saturated rings. The summed E-state index contributed by atoms with van der Waals surface area (Å²) < 4.78 is 0. The SMILES string of the molecule is CSCC[C@H](NC(=O)CNC(=O)[C@H](CCC(N)=O)NC(=O)[C@H](C)NC(=O)[C@H](CCCN=C(N)N)NC(=O)CNC(=O)[C@H](C)NC(=O)[C@@H](NC(=O)[C@@H](N)CO)C(C)C)C(N)=O. The molecular weight excluding hydrogens is 813 g/mol. The van der Waals surface area contributed by atoms with Crippen molar-refractivity contribution < 1.29 is 53.1 Å². The van der Waals surface area contributed by atoms with Crippen LogP contribution in [0, 0.1) is 5.92 Å². The van der Waals surface area contributed by atoms with Crippen LogP contribution >= 0.6 is 11.8 Å². The molecule has 340 valence electrons. The normalized spacial score (nSPS) is 14.3. The fraction of sp³-hybridized carbons (Fsp3) is 0.676. The van der Waals surface area contributed by atoms with Crippen LogP contribution in [0.25, 0.3) is 0 Å². The highest BCUT2D eigenvalue weighted by Gasteiger charge is 2.30. The number of nitrogens with zero attached hydrogens (tertiary/aromatic N) is 1. The Hall–Kier alpha value is -5.76. The van der Waals surface area contributed by atoms with E-state index in [4.69, 9.17) is 33.8 Å². The Bertz CT molecular complexity index is 1550. The van der Waals surface area contributed by atoms with E-state index in [9.17, 15) is 47.9 Å². The number of nitrogens with one attached hydrogen (secondary N) is 8. The largest absolute Gasteiger partial charge is 0.394 e. The second kappa shape index (κ2) is 28.6. The van der Waals surface area contributed by atoms with Crippen molar-refractivity contribution in [3.05, 3.63) is 0 Å². The van der Waals surface area contributed by atoms with Crippen LogP contribution in [-0.2, 0) is 47.9 Å². The lowest BCUT2D eigenvalue weighted by atomic mass is 10.0. The number of carbonyl (C=O) groups is 10. The Balaban J connectivity index is 5.64. The molecule has 0 saturated carbocycles. The van der Waals surface area contributed by atoms with E-state index in [1.54, 1.807) is 20.1 Å². The number of carbonyl (C=O) groups excluding carboxylic acids is 10. The molecule has 0 aliphatic heterocycles. The average molecular weight is 875 g/mol. The molecule has 0 bridgehead atoms. The maximum Gasteiger partial charge on any atom is 0.243 e. The van der Waals surface area contributed by atoms with Crippen molar-refractivity contribution in [2.45, 2.75) is 102 Å². The molecule has 26 heteroatoms. The van der Waals surface area contributed by atoms with E-state index in [1.807, 2.05) is 0 Å². The number of nitrogens with two attached hydrogens (primary N) is 5. The van der Waals surface area contributed by atoms with Gasteiger partial charge in [0.05, 0.1) is 19.7 Å². The highest BCUT2D eigenvalue weighted by Crippen LogP contribution is 2.05. The molecule has 60 heavy (non-hydrogen) atoms. The van der Waals surface area contributed by atoms with Crippen LogP contribution in [0.1, 0.15) is 59.8 Å². The maximum absolute atomic E-state index is 13.4. The van der Waals surface area contributed by atoms with Gasteiger partial charge < -0.3 is 76.3 Å². The lowest BCUT2D eigenvalue weighted by molar-refractivity contribution is -0.134. The summed E-state index contributed by atoms with van der Waals surface area (Å²) in [6, 6.07) is -8.58. The lowest BCUT2D eigenvalue weighted by Gasteiger charge is -2.25. The molecule has 0 unspecified atom stereocenters. The zero-order valence-corrected chi connectivity index (χ0v) is 35.3. The van der Waals surface area contributed by atoms with Gasteiger partial charge in [-0.2, -0.15) is 11.8 Å². The van der Waals surface area contributed by atoms with Crippen molar-refractivity contribution in [3.8, 4) is 0 Å². The average Bonchev–Trinajstić information content (AvgIpc) is 3.17. The predicted molar refractivity (Wildman–Crippen MR) is 219 cm³/mol. The van der Waals surface area contributed by atoms with Gasteiger partial charge in [0.25, 0.3) is 0 Å². The minimum absolute atomic E-state index is 0.0506. The lowest BCUT2D eigenvalue weighted by Crippen LogP contribution is -2.58. The Morgan fingerprint density at radius 1 is 0.617 bits per heavy atom. The molecule has 0 radical (unpaired) electrons. The Morgan fingerprint density at radius 2 is 1.15 bits per heavy atom. The van der Waals surface area contributed by atoms with Crippen molar-refractivity contribution in [2.75, 3.05) is 38.2 Å². The molecule has 0 aliphatic carbocycles. The summed E-state index contributed by atoms with van der Waals surface area (Å²) in [4.78, 5) is 130. The molecule has 0 heterocycles. The van der Waals surface area contributed by atoms with E-state index in [2.05, 4.69) is 47.5 Å². The van der Waals surface area contributed by atoms with Crippen LogP contribution in [-0.4, -0.2) is 151 Å². The molecule has 0 aromatic heterocycles. The molecule has 25 nitrogen and oxygen atoms in total. The second-order valence-electron chi connectivity index (χ2n) is 13.9. The van der Waals surface area contributed by atoms with E-state index in [1.165, 1.54) is 25.6 Å². The van der Waals surface area contributed by atoms with Crippen molar-refractivity contribution in [1.29, 1.82) is 0 Å². The Labute approximate surface area is 351 Å². The zero-order chi connectivity index (χ0) is 46.1. The highest BCUT2D eigenvalue weighted by molar-refractivity contribution is 7.98. The Kier molecular flexibility index (Phi) is 25.9. The number of amides is 10. The van der Waals surface area contributed by atoms with Gasteiger partial charge in [-0.1, -0.05) is 13.8 Å². The van der Waals surface area contributed by atoms with Crippen molar-refractivity contribution in [3.63, 3.8) is 0 Å². The van der Waals surface area contributed by atoms with Gasteiger partial charge >= 0.3 is 0 Å². The van der Waals surface area contributed by atoms with Crippen LogP contribution in [0.2, 0.25) is 0 Å². The number of thioether (sulfide) groups is 1. The number of guanidine groups is 1. The highest BCUT2D eigenvalue weighted by atomic mass is 32.2. The van der Waals surface area contributed by atoms with E-state index in [-0.39, 0.29) is 44.6 Å². The maximum atomic E-state index is 13.4. The van der Waals surface area contributed by atoms with Gasteiger partial charge in [-0.3, -0.25) is 52.9 Å². The first-order chi connectivity index (χ1) is 28.0. The minimum Gasteiger partial charge on any atom is -0.394 e. The summed E-state index contributed by atoms with van der Waals surface area (Å²) >= 11 is 1.43. The van der Waals surface area contributed by atoms with Crippen molar-refractivity contribution >= 4 is 76.8 Å². The number of aliphatic hydroxyl groups is 1. The van der Waals surface area contributed by atoms with E-state index in [0.29, 0.717) is 5.75 Å². The van der Waals surface area contributed by atoms with E-state index >= 15 is 0 Å². The zero-order valence-electron chi connectivity index (χ0n) is 34.5. The van der Waals surface area contributed by atoms with E-state index < -0.39 is 127 Å². The van der Waals surface area contributed by atoms with Crippen LogP contribution in [0.3, 0.4) is 0 Å². The number of hydrogen-bond donors (Lipinski definition) is 14. The molecule has 19 N–H and O–H groups in total. The van der Waals surface area contributed by atoms with Crippen LogP contribution in [0.15, 0.2) is 4.99 Å². The Morgan fingerprint density at radius 3 is 1.67 bits per heavy atom. The van der Waals surface area contributed by atoms with Gasteiger partial charge in [0.15, 0.2) is 5.96 Å². The summed E-state index contributed by atoms with van der Waals surface area (Å²) in [5.41, 5.74) is 26.8. The number of hydrogen-bond acceptors (Lipinski definition) is 14. The van der Waals surface area contributed by atoms with Crippen molar-refractivity contribution in [2.24, 2.45) is 39.6 Å². The third kappa shape index (κ3) is 22.4. The molecule has 7 atom stereocenters. The first kappa shape index (κ1) is 54.2. The first-order valence-corrected chi connectivity index (χ1v) is 20.3. The second-order valence-corrected chi connectivity index (χ2v) is 14.8. The van der Waals surface area contributed by atoms with Crippen molar-refractivity contribution in [1.82, 2.24) is 42.5 Å². The molecule has 0 rings (SSSR count). The first-order valence-electron chi connectivity index (χ1n) is 18.9.